The summed E-state index contributed by atoms with van der Waals surface area (Å²) in [4.78, 5) is 28.6. The first-order valence-corrected chi connectivity index (χ1v) is 9.04. The minimum absolute atomic E-state index is 0.0137. The lowest BCUT2D eigenvalue weighted by Crippen LogP contribution is -2.10. The predicted molar refractivity (Wildman–Crippen MR) is 106 cm³/mol. The average Bonchev–Trinajstić information content (AvgIpc) is 2.69. The maximum atomic E-state index is 12.3. The van der Waals surface area contributed by atoms with E-state index in [4.69, 9.17) is 32.7 Å². The Morgan fingerprint density at radius 3 is 2.00 bits per heavy atom. The van der Waals surface area contributed by atoms with E-state index in [2.05, 4.69) is 4.98 Å². The molecule has 0 aliphatic rings. The quantitative estimate of drug-likeness (QED) is 0.530. The van der Waals surface area contributed by atoms with Gasteiger partial charge in [0.05, 0.1) is 16.8 Å². The fourth-order valence-electron chi connectivity index (χ4n) is 2.30. The molecule has 0 saturated carbocycles. The van der Waals surface area contributed by atoms with Gasteiger partial charge < -0.3 is 9.47 Å². The van der Waals surface area contributed by atoms with E-state index in [0.29, 0.717) is 38.2 Å². The zero-order valence-corrected chi connectivity index (χ0v) is 16.3. The molecule has 2 aromatic carbocycles. The van der Waals surface area contributed by atoms with Crippen molar-refractivity contribution in [3.8, 4) is 5.75 Å². The molecule has 3 aromatic rings. The Hall–Kier alpha value is -2.89. The van der Waals surface area contributed by atoms with Gasteiger partial charge >= 0.3 is 11.9 Å². The summed E-state index contributed by atoms with van der Waals surface area (Å²) < 4.78 is 10.7. The standard InChI is InChI=1S/C21H15Cl2NO4/c1-13-19(28-21(26)16-4-8-18(23)9-5-16)10-14(11-24-13)12-27-20(25)15-2-6-17(22)7-3-15/h2-11H,12H2,1H3. The lowest BCUT2D eigenvalue weighted by atomic mass is 10.2. The van der Waals surface area contributed by atoms with Crippen molar-refractivity contribution >= 4 is 35.1 Å². The summed E-state index contributed by atoms with van der Waals surface area (Å²) in [5.74, 6) is -0.728. The molecule has 0 spiro atoms. The second-order valence-corrected chi connectivity index (χ2v) is 6.78. The van der Waals surface area contributed by atoms with E-state index in [9.17, 15) is 9.59 Å². The fraction of sp³-hybridized carbons (Fsp3) is 0.0952. The number of benzene rings is 2. The number of aromatic nitrogens is 1. The summed E-state index contributed by atoms with van der Waals surface area (Å²) in [6, 6.07) is 14.4. The molecule has 0 aliphatic heterocycles. The normalized spacial score (nSPS) is 10.4. The van der Waals surface area contributed by atoms with Crippen molar-refractivity contribution in [2.24, 2.45) is 0 Å². The number of carbonyl (C=O) groups excluding carboxylic acids is 2. The second-order valence-electron chi connectivity index (χ2n) is 5.91. The van der Waals surface area contributed by atoms with Crippen LogP contribution < -0.4 is 4.74 Å². The molecular weight excluding hydrogens is 401 g/mol. The van der Waals surface area contributed by atoms with Gasteiger partial charge in [0.1, 0.15) is 6.61 Å². The van der Waals surface area contributed by atoms with E-state index in [-0.39, 0.29) is 6.61 Å². The maximum Gasteiger partial charge on any atom is 0.343 e. The van der Waals surface area contributed by atoms with Crippen molar-refractivity contribution in [3.63, 3.8) is 0 Å². The second kappa shape index (κ2) is 8.87. The van der Waals surface area contributed by atoms with Gasteiger partial charge in [0, 0.05) is 21.8 Å². The van der Waals surface area contributed by atoms with Crippen LogP contribution in [0, 0.1) is 6.92 Å². The predicted octanol–water partition coefficient (Wildman–Crippen LogP) is 5.27. The van der Waals surface area contributed by atoms with Crippen LogP contribution in [0.5, 0.6) is 5.75 Å². The Balaban J connectivity index is 1.67. The van der Waals surface area contributed by atoms with Crippen LogP contribution in [-0.2, 0) is 11.3 Å². The molecular formula is C21H15Cl2NO4. The third-order valence-electron chi connectivity index (χ3n) is 3.83. The molecule has 0 amide bonds. The highest BCUT2D eigenvalue weighted by Crippen LogP contribution is 2.20. The number of hydrogen-bond acceptors (Lipinski definition) is 5. The Labute approximate surface area is 171 Å². The van der Waals surface area contributed by atoms with Crippen molar-refractivity contribution in [2.75, 3.05) is 0 Å². The number of esters is 2. The van der Waals surface area contributed by atoms with Crippen molar-refractivity contribution in [1.82, 2.24) is 4.98 Å². The number of halogens is 2. The zero-order chi connectivity index (χ0) is 20.1. The Bertz CT molecular complexity index is 1000. The smallest absolute Gasteiger partial charge is 0.343 e. The average molecular weight is 416 g/mol. The highest BCUT2D eigenvalue weighted by molar-refractivity contribution is 6.31. The van der Waals surface area contributed by atoms with Gasteiger partial charge in [0.2, 0.25) is 0 Å². The molecule has 7 heteroatoms. The van der Waals surface area contributed by atoms with Crippen LogP contribution in [0.3, 0.4) is 0 Å². The Morgan fingerprint density at radius 1 is 0.893 bits per heavy atom. The highest BCUT2D eigenvalue weighted by Gasteiger charge is 2.13. The van der Waals surface area contributed by atoms with Gasteiger partial charge in [0.15, 0.2) is 5.75 Å². The third-order valence-corrected chi connectivity index (χ3v) is 4.33. The number of carbonyl (C=O) groups is 2. The summed E-state index contributed by atoms with van der Waals surface area (Å²) in [6.45, 7) is 1.70. The van der Waals surface area contributed by atoms with Crippen LogP contribution in [0.4, 0.5) is 0 Å². The molecule has 28 heavy (non-hydrogen) atoms. The van der Waals surface area contributed by atoms with Gasteiger partial charge in [-0.2, -0.15) is 0 Å². The molecule has 0 unspecified atom stereocenters. The van der Waals surface area contributed by atoms with E-state index in [0.717, 1.165) is 0 Å². The minimum Gasteiger partial charge on any atom is -0.457 e. The molecule has 0 bridgehead atoms. The van der Waals surface area contributed by atoms with Crippen LogP contribution in [0.1, 0.15) is 32.0 Å². The summed E-state index contributed by atoms with van der Waals surface area (Å²) in [7, 11) is 0. The molecule has 0 N–H and O–H groups in total. The zero-order valence-electron chi connectivity index (χ0n) is 14.8. The van der Waals surface area contributed by atoms with Crippen molar-refractivity contribution in [2.45, 2.75) is 13.5 Å². The highest BCUT2D eigenvalue weighted by atomic mass is 35.5. The SMILES string of the molecule is Cc1ncc(COC(=O)c2ccc(Cl)cc2)cc1OC(=O)c1ccc(Cl)cc1. The summed E-state index contributed by atoms with van der Waals surface area (Å²) in [5.41, 5.74) is 1.88. The Kier molecular flexibility index (Phi) is 6.29. The first-order chi connectivity index (χ1) is 13.4. The first kappa shape index (κ1) is 19.9. The summed E-state index contributed by atoms with van der Waals surface area (Å²) in [5, 5.41) is 1.06. The number of pyridine rings is 1. The van der Waals surface area contributed by atoms with Crippen LogP contribution in [0.15, 0.2) is 60.8 Å². The van der Waals surface area contributed by atoms with Gasteiger partial charge in [-0.15, -0.1) is 0 Å². The first-order valence-electron chi connectivity index (χ1n) is 8.28. The van der Waals surface area contributed by atoms with Gasteiger partial charge in [-0.3, -0.25) is 4.98 Å². The van der Waals surface area contributed by atoms with E-state index in [1.54, 1.807) is 67.7 Å². The van der Waals surface area contributed by atoms with E-state index in [1.807, 2.05) is 0 Å². The van der Waals surface area contributed by atoms with Gasteiger partial charge in [-0.25, -0.2) is 9.59 Å². The van der Waals surface area contributed by atoms with Crippen LogP contribution in [0.2, 0.25) is 10.0 Å². The molecule has 5 nitrogen and oxygen atoms in total. The molecule has 142 valence electrons. The molecule has 3 rings (SSSR count). The van der Waals surface area contributed by atoms with E-state index in [1.165, 1.54) is 0 Å². The molecule has 0 atom stereocenters. The lowest BCUT2D eigenvalue weighted by molar-refractivity contribution is 0.0471. The van der Waals surface area contributed by atoms with Crippen LogP contribution in [-0.4, -0.2) is 16.9 Å². The number of aryl methyl sites for hydroxylation is 1. The largest absolute Gasteiger partial charge is 0.457 e. The maximum absolute atomic E-state index is 12.3. The molecule has 1 heterocycles. The van der Waals surface area contributed by atoms with E-state index < -0.39 is 11.9 Å². The molecule has 1 aromatic heterocycles. The van der Waals surface area contributed by atoms with E-state index >= 15 is 0 Å². The van der Waals surface area contributed by atoms with Gasteiger partial charge in [-0.1, -0.05) is 23.2 Å². The van der Waals surface area contributed by atoms with Crippen molar-refractivity contribution in [3.05, 3.63) is 93.2 Å². The summed E-state index contributed by atoms with van der Waals surface area (Å²) in [6.07, 6.45) is 1.56. The number of hydrogen-bond donors (Lipinski definition) is 0. The topological polar surface area (TPSA) is 65.5 Å². The molecule has 0 fully saturated rings. The monoisotopic (exact) mass is 415 g/mol. The minimum atomic E-state index is -0.531. The van der Waals surface area contributed by atoms with Crippen LogP contribution >= 0.6 is 23.2 Å². The number of rotatable bonds is 5. The van der Waals surface area contributed by atoms with Crippen molar-refractivity contribution in [1.29, 1.82) is 0 Å². The molecule has 0 saturated heterocycles. The van der Waals surface area contributed by atoms with Gasteiger partial charge in [-0.05, 0) is 61.5 Å². The number of ether oxygens (including phenoxy) is 2. The molecule has 0 radical (unpaired) electrons. The van der Waals surface area contributed by atoms with Gasteiger partial charge in [0.25, 0.3) is 0 Å². The lowest BCUT2D eigenvalue weighted by Gasteiger charge is -2.10. The summed E-state index contributed by atoms with van der Waals surface area (Å²) >= 11 is 11.6. The third kappa shape index (κ3) is 5.09. The number of nitrogens with zero attached hydrogens (tertiary/aromatic N) is 1. The Morgan fingerprint density at radius 2 is 1.43 bits per heavy atom. The van der Waals surface area contributed by atoms with Crippen molar-refractivity contribution < 1.29 is 19.1 Å². The van der Waals surface area contributed by atoms with Crippen LogP contribution in [0.25, 0.3) is 0 Å². The molecule has 0 aliphatic carbocycles. The fourth-order valence-corrected chi connectivity index (χ4v) is 2.55.